The molecule has 174 valence electrons. The molecule has 36 heavy (non-hydrogen) atoms. The summed E-state index contributed by atoms with van der Waals surface area (Å²) in [6, 6.07) is 26.2. The van der Waals surface area contributed by atoms with Crippen molar-refractivity contribution in [2.45, 2.75) is 33.1 Å². The van der Waals surface area contributed by atoms with Gasteiger partial charge in [0.15, 0.2) is 0 Å². The maximum atomic E-state index is 5.91. The molecule has 2 nitrogen and oxygen atoms in total. The van der Waals surface area contributed by atoms with Crippen molar-refractivity contribution in [2.24, 2.45) is 0 Å². The second-order valence-corrected chi connectivity index (χ2v) is 9.46. The number of rotatable bonds is 4. The minimum atomic E-state index is 0.907. The number of fused-ring (bicyclic) bond motifs is 3. The van der Waals surface area contributed by atoms with Crippen LogP contribution in [0.5, 0.6) is 0 Å². The number of benzene rings is 3. The lowest BCUT2D eigenvalue weighted by molar-refractivity contribution is 1.03. The molecule has 0 aliphatic heterocycles. The molecule has 0 saturated heterocycles. The number of para-hydroxylation sites is 1. The van der Waals surface area contributed by atoms with Crippen LogP contribution in [0, 0.1) is 19.3 Å². The average Bonchev–Trinajstić information content (AvgIpc) is 3.31. The third kappa shape index (κ3) is 3.65. The van der Waals surface area contributed by atoms with E-state index in [1.54, 1.807) is 0 Å². The van der Waals surface area contributed by atoms with E-state index in [-0.39, 0.29) is 0 Å². The Hall–Kier alpha value is -4.35. The zero-order valence-electron chi connectivity index (χ0n) is 20.7. The van der Waals surface area contributed by atoms with E-state index in [1.165, 1.54) is 33.4 Å². The molecule has 1 aliphatic rings. The van der Waals surface area contributed by atoms with Crippen LogP contribution in [0.25, 0.3) is 49.8 Å². The van der Waals surface area contributed by atoms with E-state index in [0.29, 0.717) is 0 Å². The number of aryl methyl sites for hydroxylation is 1. The van der Waals surface area contributed by atoms with E-state index in [1.807, 2.05) is 0 Å². The van der Waals surface area contributed by atoms with Gasteiger partial charge in [-0.05, 0) is 65.6 Å². The summed E-state index contributed by atoms with van der Waals surface area (Å²) in [5.41, 5.74) is 13.6. The van der Waals surface area contributed by atoms with Gasteiger partial charge in [-0.1, -0.05) is 91.7 Å². The van der Waals surface area contributed by atoms with Crippen LogP contribution in [0.2, 0.25) is 0 Å². The fourth-order valence-corrected chi connectivity index (χ4v) is 5.39. The number of hydrogen-bond acceptors (Lipinski definition) is 1. The Labute approximate surface area is 212 Å². The van der Waals surface area contributed by atoms with Gasteiger partial charge < -0.3 is 4.98 Å². The molecule has 0 unspecified atom stereocenters. The summed E-state index contributed by atoms with van der Waals surface area (Å²) < 4.78 is 0. The van der Waals surface area contributed by atoms with Crippen molar-refractivity contribution in [1.82, 2.24) is 9.97 Å². The number of allylic oxidation sites excluding steroid dienone is 4. The Balaban J connectivity index is 1.57. The minimum Gasteiger partial charge on any atom is -0.353 e. The van der Waals surface area contributed by atoms with Crippen LogP contribution >= 0.6 is 0 Å². The highest BCUT2D eigenvalue weighted by Gasteiger charge is 2.21. The Morgan fingerprint density at radius 1 is 0.917 bits per heavy atom. The van der Waals surface area contributed by atoms with Gasteiger partial charge in [0, 0.05) is 22.0 Å². The number of nitrogens with one attached hydrogen (secondary N) is 1. The Morgan fingerprint density at radius 2 is 1.61 bits per heavy atom. The molecule has 0 spiro atoms. The third-order valence-electron chi connectivity index (χ3n) is 7.36. The largest absolute Gasteiger partial charge is 0.353 e. The maximum absolute atomic E-state index is 5.91. The molecule has 3 aromatic carbocycles. The first-order valence-electron chi connectivity index (χ1n) is 12.7. The maximum Gasteiger partial charge on any atom is 0.0971 e. The van der Waals surface area contributed by atoms with Crippen LogP contribution in [0.3, 0.4) is 0 Å². The van der Waals surface area contributed by atoms with Crippen LogP contribution in [0.15, 0.2) is 90.5 Å². The molecule has 0 amide bonds. The van der Waals surface area contributed by atoms with Crippen molar-refractivity contribution in [3.05, 3.63) is 107 Å². The first-order valence-corrected chi connectivity index (χ1v) is 12.7. The van der Waals surface area contributed by atoms with Crippen LogP contribution in [0.1, 0.15) is 36.6 Å². The van der Waals surface area contributed by atoms with Crippen molar-refractivity contribution >= 4 is 27.5 Å². The minimum absolute atomic E-state index is 0.907. The first-order chi connectivity index (χ1) is 17.7. The van der Waals surface area contributed by atoms with E-state index in [0.717, 1.165) is 58.0 Å². The highest BCUT2D eigenvalue weighted by Crippen LogP contribution is 2.40. The van der Waals surface area contributed by atoms with Gasteiger partial charge in [0.05, 0.1) is 16.7 Å². The predicted molar refractivity (Wildman–Crippen MR) is 153 cm³/mol. The number of pyridine rings is 1. The van der Waals surface area contributed by atoms with Crippen LogP contribution in [-0.2, 0) is 6.42 Å². The topological polar surface area (TPSA) is 28.7 Å². The van der Waals surface area contributed by atoms with Gasteiger partial charge in [-0.25, -0.2) is 4.98 Å². The summed E-state index contributed by atoms with van der Waals surface area (Å²) in [7, 11) is 0. The van der Waals surface area contributed by atoms with Crippen molar-refractivity contribution in [3.63, 3.8) is 0 Å². The summed E-state index contributed by atoms with van der Waals surface area (Å²) in [4.78, 5) is 8.90. The van der Waals surface area contributed by atoms with Crippen molar-refractivity contribution < 1.29 is 0 Å². The Bertz CT molecular complexity index is 1700. The highest BCUT2D eigenvalue weighted by molar-refractivity contribution is 6.11. The zero-order chi connectivity index (χ0) is 24.6. The summed E-state index contributed by atoms with van der Waals surface area (Å²) in [6.45, 7) is 4.37. The fourth-order valence-electron chi connectivity index (χ4n) is 5.39. The van der Waals surface area contributed by atoms with Crippen LogP contribution in [0.4, 0.5) is 0 Å². The monoisotopic (exact) mass is 464 g/mol. The van der Waals surface area contributed by atoms with Gasteiger partial charge in [0.1, 0.15) is 0 Å². The molecule has 2 heterocycles. The smallest absolute Gasteiger partial charge is 0.0971 e. The summed E-state index contributed by atoms with van der Waals surface area (Å²) in [5.74, 6) is 2.90. The van der Waals surface area contributed by atoms with Gasteiger partial charge in [-0.3, -0.25) is 0 Å². The number of nitrogens with zero attached hydrogens (tertiary/aromatic N) is 1. The molecule has 0 radical (unpaired) electrons. The summed E-state index contributed by atoms with van der Waals surface area (Å²) >= 11 is 0. The van der Waals surface area contributed by atoms with E-state index < -0.39 is 0 Å². The van der Waals surface area contributed by atoms with Crippen LogP contribution < -0.4 is 0 Å². The number of terminal acetylenes is 1. The molecule has 1 N–H and O–H groups in total. The molecule has 0 saturated carbocycles. The molecule has 0 atom stereocenters. The number of aromatic amines is 1. The van der Waals surface area contributed by atoms with Gasteiger partial charge in [-0.2, -0.15) is 0 Å². The predicted octanol–water partition coefficient (Wildman–Crippen LogP) is 8.66. The van der Waals surface area contributed by atoms with Gasteiger partial charge in [0.25, 0.3) is 0 Å². The molecule has 2 heteroatoms. The van der Waals surface area contributed by atoms with Crippen LogP contribution in [-0.4, -0.2) is 9.97 Å². The molecule has 5 aromatic rings. The van der Waals surface area contributed by atoms with E-state index in [4.69, 9.17) is 11.4 Å². The molecule has 6 rings (SSSR count). The number of aromatic nitrogens is 2. The van der Waals surface area contributed by atoms with Crippen molar-refractivity contribution in [2.75, 3.05) is 0 Å². The van der Waals surface area contributed by atoms with Gasteiger partial charge in [-0.15, -0.1) is 6.42 Å². The SMILES string of the molecule is C#CC1=C(c2nc3c([nH]c4ccccc43)c(-c3ccc(-c4ccc(CC)cc4)cc3)c2C)CCC=C1. The normalized spacial score (nSPS) is 13.5. The molecule has 1 aliphatic carbocycles. The lowest BCUT2D eigenvalue weighted by Crippen LogP contribution is -2.02. The van der Waals surface area contributed by atoms with Gasteiger partial charge in [0.2, 0.25) is 0 Å². The number of H-pyrrole nitrogens is 1. The highest BCUT2D eigenvalue weighted by atomic mass is 14.8. The van der Waals surface area contributed by atoms with Crippen molar-refractivity contribution in [3.8, 4) is 34.6 Å². The lowest BCUT2D eigenvalue weighted by Gasteiger charge is -2.18. The molecule has 2 aromatic heterocycles. The zero-order valence-corrected chi connectivity index (χ0v) is 20.7. The van der Waals surface area contributed by atoms with Crippen molar-refractivity contribution in [1.29, 1.82) is 0 Å². The van der Waals surface area contributed by atoms with E-state index in [2.05, 4.69) is 110 Å². The van der Waals surface area contributed by atoms with E-state index >= 15 is 0 Å². The standard InChI is InChI=1S/C34H28N2/c1-4-23-14-16-25(17-15-23)26-18-20-27(21-19-26)31-22(3)32(28-11-7-6-10-24(28)5-2)36-33-29-12-8-9-13-30(29)35-34(31)33/h2,6,8-10,12-21,35H,4,7,11H2,1,3H3. The quantitative estimate of drug-likeness (QED) is 0.265. The summed E-state index contributed by atoms with van der Waals surface area (Å²) in [5, 5.41) is 1.14. The second-order valence-electron chi connectivity index (χ2n) is 9.46. The Morgan fingerprint density at radius 3 is 2.33 bits per heavy atom. The molecule has 0 fully saturated rings. The average molecular weight is 465 g/mol. The molecule has 0 bridgehead atoms. The fraction of sp³-hybridized carbons (Fsp3) is 0.147. The van der Waals surface area contributed by atoms with Gasteiger partial charge >= 0.3 is 0 Å². The van der Waals surface area contributed by atoms with E-state index in [9.17, 15) is 0 Å². The lowest BCUT2D eigenvalue weighted by atomic mass is 9.89. The molecular weight excluding hydrogens is 436 g/mol. The first kappa shape index (κ1) is 22.1. The molecular formula is C34H28N2. The number of hydrogen-bond donors (Lipinski definition) is 1. The third-order valence-corrected chi connectivity index (χ3v) is 7.36. The Kier molecular flexibility index (Phi) is 5.55. The second kappa shape index (κ2) is 9.02. The summed E-state index contributed by atoms with van der Waals surface area (Å²) in [6.07, 6.45) is 13.1.